The molecule has 0 aromatic heterocycles. The van der Waals surface area contributed by atoms with Crippen LogP contribution in [0.1, 0.15) is 39.9 Å². The third kappa shape index (κ3) is 3.44. The number of carbonyl (C=O) groups is 1. The summed E-state index contributed by atoms with van der Waals surface area (Å²) in [6.07, 6.45) is 0. The molecule has 2 aromatic rings. The Morgan fingerprint density at radius 2 is 2.00 bits per heavy atom. The van der Waals surface area contributed by atoms with Crippen LogP contribution in [0.4, 0.5) is 0 Å². The summed E-state index contributed by atoms with van der Waals surface area (Å²) < 4.78 is 43.8. The molecule has 1 heterocycles. The fourth-order valence-electron chi connectivity index (χ4n) is 3.25. The Morgan fingerprint density at radius 1 is 1.29 bits per heavy atom. The van der Waals surface area contributed by atoms with Gasteiger partial charge in [-0.1, -0.05) is 6.07 Å². The predicted octanol–water partition coefficient (Wildman–Crippen LogP) is 2.20. The highest BCUT2D eigenvalue weighted by Gasteiger charge is 2.35. The van der Waals surface area contributed by atoms with Gasteiger partial charge in [0, 0.05) is 5.56 Å². The topological polar surface area (TPSA) is 130 Å². The maximum atomic E-state index is 13.0. The van der Waals surface area contributed by atoms with Gasteiger partial charge in [0.25, 0.3) is 10.1 Å². The Kier molecular flexibility index (Phi) is 5.33. The van der Waals surface area contributed by atoms with Crippen molar-refractivity contribution in [2.75, 3.05) is 13.2 Å². The van der Waals surface area contributed by atoms with Crippen molar-refractivity contribution in [3.8, 4) is 17.2 Å². The van der Waals surface area contributed by atoms with Gasteiger partial charge in [0.15, 0.2) is 5.78 Å². The molecule has 28 heavy (non-hydrogen) atoms. The van der Waals surface area contributed by atoms with Gasteiger partial charge >= 0.3 is 0 Å². The number of aliphatic hydroxyl groups excluding tert-OH is 1. The molecular formula is C19H20O8S. The third-order valence-corrected chi connectivity index (χ3v) is 5.54. The van der Waals surface area contributed by atoms with E-state index in [0.717, 1.165) is 6.07 Å². The Balaban J connectivity index is 2.09. The summed E-state index contributed by atoms with van der Waals surface area (Å²) in [5.41, 5.74) is 1.03. The number of carbonyl (C=O) groups excluding carboxylic acids is 1. The minimum absolute atomic E-state index is 0.0284. The standard InChI is InChI=1S/C19H20O8S/c1-3-26-14-5-4-11(7-16(14)28(23,24)25)13-9-27-15-6-10(2)12(8-20)18(21)17(15)19(13)22/h4-7,13,20-21H,3,8-9H2,1-2H3,(H,23,24,25). The summed E-state index contributed by atoms with van der Waals surface area (Å²) in [4.78, 5) is 12.6. The Bertz CT molecular complexity index is 1040. The van der Waals surface area contributed by atoms with Gasteiger partial charge < -0.3 is 19.7 Å². The van der Waals surface area contributed by atoms with Crippen LogP contribution in [-0.2, 0) is 16.7 Å². The van der Waals surface area contributed by atoms with Crippen molar-refractivity contribution in [2.24, 2.45) is 0 Å². The molecule has 0 aliphatic carbocycles. The molecule has 1 unspecified atom stereocenters. The lowest BCUT2D eigenvalue weighted by Crippen LogP contribution is -2.27. The Labute approximate surface area is 162 Å². The molecule has 0 saturated heterocycles. The van der Waals surface area contributed by atoms with E-state index >= 15 is 0 Å². The number of aliphatic hydroxyl groups is 1. The van der Waals surface area contributed by atoms with Crippen LogP contribution in [-0.4, -0.2) is 42.2 Å². The number of aryl methyl sites for hydroxylation is 1. The number of fused-ring (bicyclic) bond motifs is 1. The Hall–Kier alpha value is -2.62. The van der Waals surface area contributed by atoms with Crippen LogP contribution in [0, 0.1) is 6.92 Å². The highest BCUT2D eigenvalue weighted by Crippen LogP contribution is 2.41. The molecule has 1 aliphatic heterocycles. The van der Waals surface area contributed by atoms with Gasteiger partial charge in [-0.15, -0.1) is 0 Å². The fraction of sp³-hybridized carbons (Fsp3) is 0.316. The lowest BCUT2D eigenvalue weighted by molar-refractivity contribution is 0.0891. The average molecular weight is 408 g/mol. The summed E-state index contributed by atoms with van der Waals surface area (Å²) in [5, 5.41) is 19.9. The number of Topliss-reactive ketones (excluding diaryl/α,β-unsaturated/α-hetero) is 1. The van der Waals surface area contributed by atoms with Crippen LogP contribution in [0.25, 0.3) is 0 Å². The van der Waals surface area contributed by atoms with E-state index in [0.29, 0.717) is 5.56 Å². The van der Waals surface area contributed by atoms with Crippen LogP contribution < -0.4 is 9.47 Å². The number of ketones is 1. The molecule has 150 valence electrons. The molecule has 3 N–H and O–H groups in total. The average Bonchev–Trinajstić information content (AvgIpc) is 2.62. The monoisotopic (exact) mass is 408 g/mol. The molecule has 0 saturated carbocycles. The minimum atomic E-state index is -4.58. The highest BCUT2D eigenvalue weighted by atomic mass is 32.2. The molecule has 0 amide bonds. The van der Waals surface area contributed by atoms with Gasteiger partial charge in [-0.2, -0.15) is 8.42 Å². The molecular weight excluding hydrogens is 388 g/mol. The van der Waals surface area contributed by atoms with Crippen LogP contribution in [0.3, 0.4) is 0 Å². The summed E-state index contributed by atoms with van der Waals surface area (Å²) in [5.74, 6) is -1.55. The smallest absolute Gasteiger partial charge is 0.298 e. The van der Waals surface area contributed by atoms with E-state index in [9.17, 15) is 28.0 Å². The second kappa shape index (κ2) is 7.42. The normalized spacial score (nSPS) is 16.4. The molecule has 0 spiro atoms. The number of hydrogen-bond acceptors (Lipinski definition) is 7. The third-order valence-electron chi connectivity index (χ3n) is 4.67. The Morgan fingerprint density at radius 3 is 2.61 bits per heavy atom. The lowest BCUT2D eigenvalue weighted by Gasteiger charge is -2.27. The van der Waals surface area contributed by atoms with Crippen molar-refractivity contribution in [2.45, 2.75) is 31.3 Å². The summed E-state index contributed by atoms with van der Waals surface area (Å²) >= 11 is 0. The van der Waals surface area contributed by atoms with Gasteiger partial charge in [0.05, 0.1) is 19.1 Å². The second-order valence-electron chi connectivity index (χ2n) is 6.39. The van der Waals surface area contributed by atoms with Crippen molar-refractivity contribution >= 4 is 15.9 Å². The quantitative estimate of drug-likeness (QED) is 0.642. The number of phenols is 1. The molecule has 0 radical (unpaired) electrons. The van der Waals surface area contributed by atoms with Crippen LogP contribution >= 0.6 is 0 Å². The van der Waals surface area contributed by atoms with E-state index in [4.69, 9.17) is 9.47 Å². The van der Waals surface area contributed by atoms with Crippen molar-refractivity contribution in [1.29, 1.82) is 0 Å². The van der Waals surface area contributed by atoms with Crippen molar-refractivity contribution < 1.29 is 37.5 Å². The molecule has 1 aliphatic rings. The van der Waals surface area contributed by atoms with Crippen LogP contribution in [0.2, 0.25) is 0 Å². The van der Waals surface area contributed by atoms with E-state index < -0.39 is 33.3 Å². The van der Waals surface area contributed by atoms with Crippen molar-refractivity contribution in [3.63, 3.8) is 0 Å². The zero-order chi connectivity index (χ0) is 20.6. The van der Waals surface area contributed by atoms with Gasteiger partial charge in [0.1, 0.15) is 34.3 Å². The van der Waals surface area contributed by atoms with Gasteiger partial charge in [0.2, 0.25) is 0 Å². The van der Waals surface area contributed by atoms with Gasteiger partial charge in [-0.25, -0.2) is 0 Å². The first-order valence-electron chi connectivity index (χ1n) is 8.56. The highest BCUT2D eigenvalue weighted by molar-refractivity contribution is 7.86. The zero-order valence-electron chi connectivity index (χ0n) is 15.3. The molecule has 9 heteroatoms. The van der Waals surface area contributed by atoms with E-state index in [-0.39, 0.29) is 47.2 Å². The second-order valence-corrected chi connectivity index (χ2v) is 7.78. The fourth-order valence-corrected chi connectivity index (χ4v) is 3.92. The van der Waals surface area contributed by atoms with Gasteiger partial charge in [-0.3, -0.25) is 9.35 Å². The zero-order valence-corrected chi connectivity index (χ0v) is 16.1. The number of aromatic hydroxyl groups is 1. The molecule has 8 nitrogen and oxygen atoms in total. The first-order valence-corrected chi connectivity index (χ1v) is 10.0. The maximum absolute atomic E-state index is 13.0. The first kappa shape index (κ1) is 20.1. The predicted molar refractivity (Wildman–Crippen MR) is 98.8 cm³/mol. The van der Waals surface area contributed by atoms with Crippen LogP contribution in [0.5, 0.6) is 17.2 Å². The van der Waals surface area contributed by atoms with Crippen LogP contribution in [0.15, 0.2) is 29.2 Å². The first-order chi connectivity index (χ1) is 13.2. The molecule has 2 aromatic carbocycles. The largest absolute Gasteiger partial charge is 0.507 e. The lowest BCUT2D eigenvalue weighted by atomic mass is 9.87. The number of hydrogen-bond donors (Lipinski definition) is 3. The van der Waals surface area contributed by atoms with Crippen molar-refractivity contribution in [1.82, 2.24) is 0 Å². The maximum Gasteiger partial charge on any atom is 0.298 e. The summed E-state index contributed by atoms with van der Waals surface area (Å²) in [7, 11) is -4.58. The molecule has 1 atom stereocenters. The van der Waals surface area contributed by atoms with E-state index in [1.807, 2.05) is 0 Å². The van der Waals surface area contributed by atoms with Gasteiger partial charge in [-0.05, 0) is 43.2 Å². The number of ether oxygens (including phenoxy) is 2. The summed E-state index contributed by atoms with van der Waals surface area (Å²) in [6, 6.07) is 5.60. The molecule has 0 fully saturated rings. The molecule has 3 rings (SSSR count). The van der Waals surface area contributed by atoms with Crippen molar-refractivity contribution in [3.05, 3.63) is 46.5 Å². The number of rotatable bonds is 5. The molecule has 0 bridgehead atoms. The van der Waals surface area contributed by atoms with E-state index in [1.165, 1.54) is 12.1 Å². The SMILES string of the molecule is CCOc1ccc(C2COc3cc(C)c(CO)c(O)c3C2=O)cc1S(=O)(=O)O. The summed E-state index contributed by atoms with van der Waals surface area (Å²) in [6.45, 7) is 3.02. The van der Waals surface area contributed by atoms with E-state index in [2.05, 4.69) is 0 Å². The minimum Gasteiger partial charge on any atom is -0.507 e. The van der Waals surface area contributed by atoms with E-state index in [1.54, 1.807) is 19.9 Å². The number of benzene rings is 2.